The van der Waals surface area contributed by atoms with Gasteiger partial charge in [-0.2, -0.15) is 0 Å². The first-order chi connectivity index (χ1) is 6.56. The van der Waals surface area contributed by atoms with E-state index in [0.29, 0.717) is 0 Å². The number of nitro benzene ring substituents is 1. The minimum Gasteiger partial charge on any atom is -0.388 e. The topological polar surface area (TPSA) is 80.4 Å². The first-order valence-electron chi connectivity index (χ1n) is 3.95. The third-order valence-electron chi connectivity index (χ3n) is 1.79. The number of aryl methyl sites for hydroxylation is 1. The van der Waals surface area contributed by atoms with Crippen molar-refractivity contribution in [1.29, 1.82) is 0 Å². The molecule has 1 aromatic carbocycles. The molecule has 0 atom stereocenters. The van der Waals surface area contributed by atoms with Gasteiger partial charge in [-0.1, -0.05) is 6.07 Å². The molecule has 14 heavy (non-hydrogen) atoms. The van der Waals surface area contributed by atoms with Crippen molar-refractivity contribution in [2.45, 2.75) is 6.92 Å². The molecule has 0 radical (unpaired) electrons. The van der Waals surface area contributed by atoms with Gasteiger partial charge in [0.1, 0.15) is 6.61 Å². The number of hydrogen-bond donors (Lipinski definition) is 1. The highest BCUT2D eigenvalue weighted by molar-refractivity contribution is 6.00. The summed E-state index contributed by atoms with van der Waals surface area (Å²) in [6.45, 7) is 1.00. The molecule has 0 fully saturated rings. The smallest absolute Gasteiger partial charge is 0.280 e. The fourth-order valence-electron chi connectivity index (χ4n) is 1.12. The number of rotatable bonds is 3. The molecule has 0 bridgehead atoms. The standard InChI is InChI=1S/C9H9NO4/c1-6-2-3-8(10(13)14)7(4-6)9(12)5-11/h2-4,11H,5H2,1H3. The Morgan fingerprint density at radius 1 is 1.57 bits per heavy atom. The van der Waals surface area contributed by atoms with Crippen LogP contribution in [0.4, 0.5) is 5.69 Å². The van der Waals surface area contributed by atoms with Crippen LogP contribution in [0.2, 0.25) is 0 Å². The molecule has 0 aromatic heterocycles. The van der Waals surface area contributed by atoms with Crippen LogP contribution in [-0.2, 0) is 0 Å². The lowest BCUT2D eigenvalue weighted by atomic mass is 10.1. The quantitative estimate of drug-likeness (QED) is 0.444. The van der Waals surface area contributed by atoms with E-state index in [1.54, 1.807) is 13.0 Å². The summed E-state index contributed by atoms with van der Waals surface area (Å²) in [5, 5.41) is 19.1. The molecule has 74 valence electrons. The Morgan fingerprint density at radius 3 is 2.71 bits per heavy atom. The second kappa shape index (κ2) is 3.97. The van der Waals surface area contributed by atoms with E-state index in [4.69, 9.17) is 5.11 Å². The maximum Gasteiger partial charge on any atom is 0.280 e. The zero-order valence-corrected chi connectivity index (χ0v) is 7.56. The fraction of sp³-hybridized carbons (Fsp3) is 0.222. The van der Waals surface area contributed by atoms with Gasteiger partial charge in [-0.25, -0.2) is 0 Å². The minimum absolute atomic E-state index is 0.0440. The average Bonchev–Trinajstić information content (AvgIpc) is 2.16. The maximum absolute atomic E-state index is 11.1. The summed E-state index contributed by atoms with van der Waals surface area (Å²) in [6, 6.07) is 4.21. The number of aliphatic hydroxyl groups excluding tert-OH is 1. The van der Waals surface area contributed by atoms with Gasteiger partial charge < -0.3 is 5.11 Å². The van der Waals surface area contributed by atoms with Gasteiger partial charge in [0.05, 0.1) is 10.5 Å². The molecule has 5 nitrogen and oxygen atoms in total. The number of aliphatic hydroxyl groups is 1. The number of carbonyl (C=O) groups is 1. The monoisotopic (exact) mass is 195 g/mol. The summed E-state index contributed by atoms with van der Waals surface area (Å²) in [5.74, 6) is -0.639. The number of nitro groups is 1. The van der Waals surface area contributed by atoms with Crippen LogP contribution in [-0.4, -0.2) is 22.4 Å². The summed E-state index contributed by atoms with van der Waals surface area (Å²) in [4.78, 5) is 21.0. The molecule has 0 amide bonds. The Bertz CT molecular complexity index is 386. The van der Waals surface area contributed by atoms with E-state index in [-0.39, 0.29) is 11.3 Å². The SMILES string of the molecule is Cc1ccc([N+](=O)[O-])c(C(=O)CO)c1. The average molecular weight is 195 g/mol. The summed E-state index contributed by atoms with van der Waals surface area (Å²) in [6.07, 6.45) is 0. The maximum atomic E-state index is 11.1. The Morgan fingerprint density at radius 2 is 2.21 bits per heavy atom. The van der Waals surface area contributed by atoms with Gasteiger partial charge in [0, 0.05) is 6.07 Å². The lowest BCUT2D eigenvalue weighted by molar-refractivity contribution is -0.385. The van der Waals surface area contributed by atoms with Crippen LogP contribution in [0, 0.1) is 17.0 Å². The molecule has 1 rings (SSSR count). The second-order valence-corrected chi connectivity index (χ2v) is 2.86. The van der Waals surface area contributed by atoms with E-state index in [1.807, 2.05) is 0 Å². The minimum atomic E-state index is -0.718. The van der Waals surface area contributed by atoms with E-state index in [2.05, 4.69) is 0 Å². The van der Waals surface area contributed by atoms with Gasteiger partial charge in [0.15, 0.2) is 5.78 Å². The highest BCUT2D eigenvalue weighted by atomic mass is 16.6. The molecule has 0 spiro atoms. The third-order valence-corrected chi connectivity index (χ3v) is 1.79. The second-order valence-electron chi connectivity index (χ2n) is 2.86. The van der Waals surface area contributed by atoms with Crippen LogP contribution in [0.25, 0.3) is 0 Å². The highest BCUT2D eigenvalue weighted by Gasteiger charge is 2.18. The summed E-state index contributed by atoms with van der Waals surface area (Å²) < 4.78 is 0. The van der Waals surface area contributed by atoms with E-state index in [9.17, 15) is 14.9 Å². The van der Waals surface area contributed by atoms with E-state index < -0.39 is 17.3 Å². The number of nitrogens with zero attached hydrogens (tertiary/aromatic N) is 1. The molecule has 0 aliphatic heterocycles. The van der Waals surface area contributed by atoms with Crippen LogP contribution in [0.1, 0.15) is 15.9 Å². The molecule has 0 aliphatic carbocycles. The van der Waals surface area contributed by atoms with Gasteiger partial charge in [-0.05, 0) is 18.6 Å². The van der Waals surface area contributed by atoms with Crippen LogP contribution >= 0.6 is 0 Å². The predicted octanol–water partition coefficient (Wildman–Crippen LogP) is 1.08. The van der Waals surface area contributed by atoms with Crippen molar-refractivity contribution in [2.75, 3.05) is 6.61 Å². The van der Waals surface area contributed by atoms with Crippen LogP contribution < -0.4 is 0 Å². The molecule has 0 saturated heterocycles. The Kier molecular flexibility index (Phi) is 2.93. The first kappa shape index (κ1) is 10.3. The van der Waals surface area contributed by atoms with Crippen molar-refractivity contribution >= 4 is 11.5 Å². The van der Waals surface area contributed by atoms with Crippen molar-refractivity contribution in [3.05, 3.63) is 39.4 Å². The van der Waals surface area contributed by atoms with Crippen molar-refractivity contribution in [1.82, 2.24) is 0 Å². The fourth-order valence-corrected chi connectivity index (χ4v) is 1.12. The molecule has 1 N–H and O–H groups in total. The molecular weight excluding hydrogens is 186 g/mol. The van der Waals surface area contributed by atoms with Crippen LogP contribution in [0.5, 0.6) is 0 Å². The first-order valence-corrected chi connectivity index (χ1v) is 3.95. The van der Waals surface area contributed by atoms with Crippen molar-refractivity contribution in [2.24, 2.45) is 0 Å². The van der Waals surface area contributed by atoms with E-state index >= 15 is 0 Å². The number of ketones is 1. The van der Waals surface area contributed by atoms with Gasteiger partial charge in [0.2, 0.25) is 0 Å². The van der Waals surface area contributed by atoms with Gasteiger partial charge in [0.25, 0.3) is 5.69 Å². The lowest BCUT2D eigenvalue weighted by Gasteiger charge is -2.00. The molecule has 5 heteroatoms. The van der Waals surface area contributed by atoms with E-state index in [1.165, 1.54) is 12.1 Å². The number of hydrogen-bond acceptors (Lipinski definition) is 4. The molecule has 0 saturated carbocycles. The Labute approximate surface area is 80.1 Å². The number of carbonyl (C=O) groups excluding carboxylic acids is 1. The molecule has 0 unspecified atom stereocenters. The Balaban J connectivity index is 3.29. The largest absolute Gasteiger partial charge is 0.388 e. The summed E-state index contributed by atoms with van der Waals surface area (Å²) >= 11 is 0. The lowest BCUT2D eigenvalue weighted by Crippen LogP contribution is -2.08. The number of benzene rings is 1. The van der Waals surface area contributed by atoms with Gasteiger partial charge in [-0.3, -0.25) is 14.9 Å². The molecule has 0 heterocycles. The zero-order chi connectivity index (χ0) is 10.7. The highest BCUT2D eigenvalue weighted by Crippen LogP contribution is 2.19. The van der Waals surface area contributed by atoms with E-state index in [0.717, 1.165) is 5.56 Å². The zero-order valence-electron chi connectivity index (χ0n) is 7.56. The molecular formula is C9H9NO4. The van der Waals surface area contributed by atoms with Crippen molar-refractivity contribution in [3.63, 3.8) is 0 Å². The molecule has 1 aromatic rings. The summed E-state index contributed by atoms with van der Waals surface area (Å²) in [5.41, 5.74) is 0.430. The van der Waals surface area contributed by atoms with Crippen LogP contribution in [0.15, 0.2) is 18.2 Å². The normalized spacial score (nSPS) is 9.86. The molecule has 0 aliphatic rings. The van der Waals surface area contributed by atoms with Crippen molar-refractivity contribution in [3.8, 4) is 0 Å². The third kappa shape index (κ3) is 1.94. The summed E-state index contributed by atoms with van der Waals surface area (Å²) in [7, 11) is 0. The van der Waals surface area contributed by atoms with Gasteiger partial charge in [-0.15, -0.1) is 0 Å². The number of Topliss-reactive ketones (excluding diaryl/α,β-unsaturated/α-hetero) is 1. The Hall–Kier alpha value is -1.75. The van der Waals surface area contributed by atoms with Crippen LogP contribution in [0.3, 0.4) is 0 Å². The predicted molar refractivity (Wildman–Crippen MR) is 49.2 cm³/mol. The van der Waals surface area contributed by atoms with Gasteiger partial charge >= 0.3 is 0 Å². The van der Waals surface area contributed by atoms with Crippen molar-refractivity contribution < 1.29 is 14.8 Å².